The molecule has 7 nitrogen and oxygen atoms in total. The highest BCUT2D eigenvalue weighted by molar-refractivity contribution is 5.90. The lowest BCUT2D eigenvalue weighted by molar-refractivity contribution is -0.181. The van der Waals surface area contributed by atoms with Gasteiger partial charge in [-0.1, -0.05) is 18.2 Å². The van der Waals surface area contributed by atoms with E-state index in [-0.39, 0.29) is 11.7 Å². The number of aryl methyl sites for hydroxylation is 1. The van der Waals surface area contributed by atoms with E-state index in [2.05, 4.69) is 10.1 Å². The van der Waals surface area contributed by atoms with Crippen molar-refractivity contribution in [1.82, 2.24) is 19.7 Å². The van der Waals surface area contributed by atoms with Crippen molar-refractivity contribution in [3.8, 4) is 5.69 Å². The summed E-state index contributed by atoms with van der Waals surface area (Å²) < 4.78 is 13.1. The lowest BCUT2D eigenvalue weighted by Crippen LogP contribution is -2.47. The van der Waals surface area contributed by atoms with Crippen molar-refractivity contribution in [3.63, 3.8) is 0 Å². The van der Waals surface area contributed by atoms with Gasteiger partial charge in [-0.25, -0.2) is 9.67 Å². The number of piperidine rings is 1. The zero-order chi connectivity index (χ0) is 16.6. The fourth-order valence-corrected chi connectivity index (χ4v) is 3.27. The quantitative estimate of drug-likeness (QED) is 0.837. The Kier molecular flexibility index (Phi) is 3.82. The first kappa shape index (κ1) is 15.3. The molecule has 7 heteroatoms. The molecule has 0 unspecified atom stereocenters. The number of amides is 1. The van der Waals surface area contributed by atoms with Crippen LogP contribution in [0.2, 0.25) is 0 Å². The van der Waals surface area contributed by atoms with Gasteiger partial charge in [-0.15, -0.1) is 5.10 Å². The minimum absolute atomic E-state index is 0.138. The molecule has 2 aromatic rings. The molecule has 0 aliphatic carbocycles. The normalized spacial score (nSPS) is 19.8. The molecule has 2 aliphatic rings. The third-order valence-electron chi connectivity index (χ3n) is 4.59. The van der Waals surface area contributed by atoms with Crippen LogP contribution in [0.15, 0.2) is 30.3 Å². The van der Waals surface area contributed by atoms with E-state index in [0.717, 1.165) is 5.69 Å². The van der Waals surface area contributed by atoms with Crippen LogP contribution in [0, 0.1) is 6.92 Å². The average Bonchev–Trinajstić information content (AvgIpc) is 3.23. The molecule has 0 saturated carbocycles. The predicted octanol–water partition coefficient (Wildman–Crippen LogP) is 1.55. The van der Waals surface area contributed by atoms with E-state index in [4.69, 9.17) is 9.47 Å². The van der Waals surface area contributed by atoms with Crippen molar-refractivity contribution in [1.29, 1.82) is 0 Å². The lowest BCUT2D eigenvalue weighted by atomic mass is 10.0. The van der Waals surface area contributed by atoms with Crippen LogP contribution in [0.5, 0.6) is 0 Å². The van der Waals surface area contributed by atoms with Gasteiger partial charge in [-0.3, -0.25) is 4.79 Å². The second-order valence-corrected chi connectivity index (χ2v) is 6.13. The van der Waals surface area contributed by atoms with Crippen LogP contribution in [0.3, 0.4) is 0 Å². The van der Waals surface area contributed by atoms with Crippen LogP contribution in [-0.2, 0) is 9.47 Å². The van der Waals surface area contributed by atoms with Crippen LogP contribution in [0.4, 0.5) is 0 Å². The number of hydrogen-bond donors (Lipinski definition) is 0. The van der Waals surface area contributed by atoms with Gasteiger partial charge in [-0.05, 0) is 19.1 Å². The molecule has 3 heterocycles. The predicted molar refractivity (Wildman–Crippen MR) is 85.9 cm³/mol. The first-order valence-electron chi connectivity index (χ1n) is 8.23. The summed E-state index contributed by atoms with van der Waals surface area (Å²) in [5, 5.41) is 4.40. The molecule has 2 fully saturated rings. The Bertz CT molecular complexity index is 728. The summed E-state index contributed by atoms with van der Waals surface area (Å²) in [7, 11) is 0. The number of aromatic nitrogens is 3. The van der Waals surface area contributed by atoms with Gasteiger partial charge in [0.15, 0.2) is 5.79 Å². The lowest BCUT2D eigenvalue weighted by Gasteiger charge is -2.37. The smallest absolute Gasteiger partial charge is 0.293 e. The number of nitrogens with zero attached hydrogens (tertiary/aromatic N) is 4. The van der Waals surface area contributed by atoms with E-state index < -0.39 is 5.79 Å². The minimum Gasteiger partial charge on any atom is -0.347 e. The van der Waals surface area contributed by atoms with Gasteiger partial charge in [-0.2, -0.15) is 0 Å². The maximum absolute atomic E-state index is 12.7. The average molecular weight is 328 g/mol. The molecule has 2 aliphatic heterocycles. The van der Waals surface area contributed by atoms with Crippen LogP contribution in [0.1, 0.15) is 29.3 Å². The van der Waals surface area contributed by atoms with Crippen molar-refractivity contribution in [2.75, 3.05) is 26.3 Å². The Labute approximate surface area is 140 Å². The summed E-state index contributed by atoms with van der Waals surface area (Å²) in [6, 6.07) is 9.69. The molecule has 126 valence electrons. The van der Waals surface area contributed by atoms with Gasteiger partial charge in [0.05, 0.1) is 18.9 Å². The van der Waals surface area contributed by atoms with Crippen molar-refractivity contribution >= 4 is 5.91 Å². The maximum Gasteiger partial charge on any atom is 0.293 e. The largest absolute Gasteiger partial charge is 0.347 e. The Hall–Kier alpha value is -2.25. The summed E-state index contributed by atoms with van der Waals surface area (Å²) in [5.74, 6) is 0.311. The monoisotopic (exact) mass is 328 g/mol. The van der Waals surface area contributed by atoms with E-state index >= 15 is 0 Å². The van der Waals surface area contributed by atoms with Crippen LogP contribution >= 0.6 is 0 Å². The molecule has 1 spiro atoms. The number of likely N-dealkylation sites (tertiary alicyclic amines) is 1. The van der Waals surface area contributed by atoms with Gasteiger partial charge in [0.2, 0.25) is 5.82 Å². The second-order valence-electron chi connectivity index (χ2n) is 6.13. The Morgan fingerprint density at radius 2 is 1.79 bits per heavy atom. The van der Waals surface area contributed by atoms with Gasteiger partial charge in [0.25, 0.3) is 5.91 Å². The minimum atomic E-state index is -0.483. The summed E-state index contributed by atoms with van der Waals surface area (Å²) in [6.45, 7) is 4.31. The SMILES string of the molecule is Cc1nc(C(=O)N2CCC3(CC2)OCCO3)nn1-c1ccccc1. The first-order chi connectivity index (χ1) is 11.7. The second kappa shape index (κ2) is 5.99. The van der Waals surface area contributed by atoms with Gasteiger partial charge < -0.3 is 14.4 Å². The molecule has 0 bridgehead atoms. The number of rotatable bonds is 2. The van der Waals surface area contributed by atoms with Crippen LogP contribution in [-0.4, -0.2) is 57.7 Å². The van der Waals surface area contributed by atoms with E-state index in [1.54, 1.807) is 9.58 Å². The number of carbonyl (C=O) groups excluding carboxylic acids is 1. The van der Waals surface area contributed by atoms with E-state index in [9.17, 15) is 4.79 Å². The Morgan fingerprint density at radius 3 is 2.46 bits per heavy atom. The molecule has 1 amide bonds. The third-order valence-corrected chi connectivity index (χ3v) is 4.59. The van der Waals surface area contributed by atoms with Gasteiger partial charge in [0, 0.05) is 25.9 Å². The van der Waals surface area contributed by atoms with Crippen molar-refractivity contribution in [2.24, 2.45) is 0 Å². The fraction of sp³-hybridized carbons (Fsp3) is 0.471. The standard InChI is InChI=1S/C17H20N4O3/c1-13-18-15(19-21(13)14-5-3-2-4-6-14)16(22)20-9-7-17(8-10-20)23-11-12-24-17/h2-6H,7-12H2,1H3. The molecular formula is C17H20N4O3. The highest BCUT2D eigenvalue weighted by Crippen LogP contribution is 2.31. The maximum atomic E-state index is 12.7. The Morgan fingerprint density at radius 1 is 1.12 bits per heavy atom. The van der Waals surface area contributed by atoms with Crippen LogP contribution in [0.25, 0.3) is 5.69 Å². The topological polar surface area (TPSA) is 69.5 Å². The number of carbonyl (C=O) groups is 1. The molecule has 1 aromatic heterocycles. The van der Waals surface area contributed by atoms with Gasteiger partial charge >= 0.3 is 0 Å². The molecule has 0 atom stereocenters. The van der Waals surface area contributed by atoms with E-state index in [1.165, 1.54) is 0 Å². The van der Waals surface area contributed by atoms with Crippen molar-refractivity contribution in [2.45, 2.75) is 25.6 Å². The number of hydrogen-bond acceptors (Lipinski definition) is 5. The van der Waals surface area contributed by atoms with E-state index in [1.807, 2.05) is 37.3 Å². The molecule has 1 aromatic carbocycles. The highest BCUT2D eigenvalue weighted by atomic mass is 16.7. The summed E-state index contributed by atoms with van der Waals surface area (Å²) >= 11 is 0. The Balaban J connectivity index is 1.49. The number of ether oxygens (including phenoxy) is 2. The molecule has 24 heavy (non-hydrogen) atoms. The molecule has 0 N–H and O–H groups in total. The zero-order valence-electron chi connectivity index (χ0n) is 13.6. The third kappa shape index (κ3) is 2.70. The summed E-state index contributed by atoms with van der Waals surface area (Å²) in [6.07, 6.45) is 1.38. The van der Waals surface area contributed by atoms with Crippen molar-refractivity contribution in [3.05, 3.63) is 42.0 Å². The van der Waals surface area contributed by atoms with Crippen LogP contribution < -0.4 is 0 Å². The van der Waals surface area contributed by atoms with Gasteiger partial charge in [0.1, 0.15) is 5.82 Å². The molecule has 2 saturated heterocycles. The number of para-hydroxylation sites is 1. The highest BCUT2D eigenvalue weighted by Gasteiger charge is 2.41. The fourth-order valence-electron chi connectivity index (χ4n) is 3.27. The van der Waals surface area contributed by atoms with E-state index in [0.29, 0.717) is 45.0 Å². The molecule has 0 radical (unpaired) electrons. The molecular weight excluding hydrogens is 308 g/mol. The number of benzene rings is 1. The van der Waals surface area contributed by atoms with Crippen molar-refractivity contribution < 1.29 is 14.3 Å². The summed E-state index contributed by atoms with van der Waals surface area (Å²) in [5.41, 5.74) is 0.895. The summed E-state index contributed by atoms with van der Waals surface area (Å²) in [4.78, 5) is 18.8. The molecule has 4 rings (SSSR count). The zero-order valence-corrected chi connectivity index (χ0v) is 13.6. The first-order valence-corrected chi connectivity index (χ1v) is 8.23.